The van der Waals surface area contributed by atoms with E-state index in [1.165, 1.54) is 25.0 Å². The number of thiophene rings is 1. The first-order valence-corrected chi connectivity index (χ1v) is 8.46. The number of fused-ring (bicyclic) bond motifs is 1. The molecule has 20 heavy (non-hydrogen) atoms. The summed E-state index contributed by atoms with van der Waals surface area (Å²) in [5.74, 6) is 0.590. The second-order valence-corrected chi connectivity index (χ2v) is 6.61. The normalized spacial score (nSPS) is 19.8. The quantitative estimate of drug-likeness (QED) is 0.910. The van der Waals surface area contributed by atoms with E-state index in [-0.39, 0.29) is 0 Å². The van der Waals surface area contributed by atoms with Crippen LogP contribution >= 0.6 is 11.3 Å². The molecule has 0 spiro atoms. The highest BCUT2D eigenvalue weighted by atomic mass is 32.1. The summed E-state index contributed by atoms with van der Waals surface area (Å²) in [5, 5.41) is 10.4. The van der Waals surface area contributed by atoms with Crippen LogP contribution in [0.4, 0.5) is 0 Å². The Kier molecular flexibility index (Phi) is 4.22. The number of aryl methyl sites for hydroxylation is 2. The first-order chi connectivity index (χ1) is 9.81. The molecule has 2 aromatic rings. The van der Waals surface area contributed by atoms with E-state index in [1.807, 2.05) is 29.3 Å². The van der Waals surface area contributed by atoms with Crippen molar-refractivity contribution in [3.05, 3.63) is 39.8 Å². The molecule has 0 saturated carbocycles. The first kappa shape index (κ1) is 13.8. The molecule has 0 radical (unpaired) electrons. The Morgan fingerprint density at radius 1 is 1.50 bits per heavy atom. The zero-order chi connectivity index (χ0) is 13.9. The zero-order valence-electron chi connectivity index (χ0n) is 12.3. The summed E-state index contributed by atoms with van der Waals surface area (Å²) >= 11 is 1.92. The minimum absolute atomic E-state index is 0.385. The van der Waals surface area contributed by atoms with Crippen molar-refractivity contribution >= 4 is 11.3 Å². The summed E-state index contributed by atoms with van der Waals surface area (Å²) in [6, 6.07) is 4.88. The molecule has 2 aromatic heterocycles. The Hall–Kier alpha value is -1.13. The van der Waals surface area contributed by atoms with E-state index in [2.05, 4.69) is 34.9 Å². The van der Waals surface area contributed by atoms with Gasteiger partial charge in [-0.2, -0.15) is 5.10 Å². The van der Waals surface area contributed by atoms with Gasteiger partial charge in [-0.25, -0.2) is 0 Å². The Balaban J connectivity index is 1.93. The van der Waals surface area contributed by atoms with Gasteiger partial charge in [0.25, 0.3) is 0 Å². The second-order valence-electron chi connectivity index (χ2n) is 5.61. The Morgan fingerprint density at radius 2 is 2.40 bits per heavy atom. The zero-order valence-corrected chi connectivity index (χ0v) is 13.1. The van der Waals surface area contributed by atoms with Crippen LogP contribution in [0.5, 0.6) is 0 Å². The summed E-state index contributed by atoms with van der Waals surface area (Å²) in [7, 11) is 2.05. The summed E-state index contributed by atoms with van der Waals surface area (Å²) in [6.45, 7) is 3.29. The molecule has 3 rings (SSSR count). The van der Waals surface area contributed by atoms with Gasteiger partial charge in [-0.1, -0.05) is 6.92 Å². The van der Waals surface area contributed by atoms with Crippen molar-refractivity contribution in [1.29, 1.82) is 0 Å². The fourth-order valence-corrected chi connectivity index (χ4v) is 4.31. The molecule has 108 valence electrons. The maximum absolute atomic E-state index is 4.36. The van der Waals surface area contributed by atoms with E-state index in [4.69, 9.17) is 0 Å². The minimum atomic E-state index is 0.385. The summed E-state index contributed by atoms with van der Waals surface area (Å²) < 4.78 is 2.02. The van der Waals surface area contributed by atoms with Crippen LogP contribution in [0.25, 0.3) is 0 Å². The van der Waals surface area contributed by atoms with E-state index >= 15 is 0 Å². The fourth-order valence-electron chi connectivity index (χ4n) is 3.31. The molecule has 0 fully saturated rings. The second kappa shape index (κ2) is 6.10. The standard InChI is InChI=1S/C16H23N3S/c1-3-9-17-16(14-7-10-18-19(14)2)13-5-4-6-15-12(13)8-11-20-15/h7-8,10-11,13,16-17H,3-6,9H2,1-2H3. The third-order valence-corrected chi connectivity index (χ3v) is 5.29. The van der Waals surface area contributed by atoms with Crippen LogP contribution in [0.2, 0.25) is 0 Å². The van der Waals surface area contributed by atoms with Gasteiger partial charge in [0.15, 0.2) is 0 Å². The van der Waals surface area contributed by atoms with E-state index in [1.54, 1.807) is 10.4 Å². The van der Waals surface area contributed by atoms with Gasteiger partial charge in [-0.05, 0) is 55.3 Å². The van der Waals surface area contributed by atoms with Crippen LogP contribution < -0.4 is 5.32 Å². The molecule has 1 aliphatic rings. The number of rotatable bonds is 5. The molecule has 3 nitrogen and oxygen atoms in total. The van der Waals surface area contributed by atoms with Gasteiger partial charge in [-0.3, -0.25) is 4.68 Å². The lowest BCUT2D eigenvalue weighted by Crippen LogP contribution is -2.31. The lowest BCUT2D eigenvalue weighted by molar-refractivity contribution is 0.386. The average Bonchev–Trinajstić information content (AvgIpc) is 3.09. The molecule has 0 bridgehead atoms. The SMILES string of the molecule is CCCNC(c1ccnn1C)C1CCCc2sccc21. The van der Waals surface area contributed by atoms with Crippen molar-refractivity contribution in [2.45, 2.75) is 44.6 Å². The Labute approximate surface area is 125 Å². The lowest BCUT2D eigenvalue weighted by Gasteiger charge is -2.31. The van der Waals surface area contributed by atoms with Crippen molar-refractivity contribution < 1.29 is 0 Å². The van der Waals surface area contributed by atoms with E-state index in [9.17, 15) is 0 Å². The van der Waals surface area contributed by atoms with Gasteiger partial charge in [0, 0.05) is 24.0 Å². The molecular weight excluding hydrogens is 266 g/mol. The number of nitrogens with zero attached hydrogens (tertiary/aromatic N) is 2. The first-order valence-electron chi connectivity index (χ1n) is 7.58. The van der Waals surface area contributed by atoms with Crippen molar-refractivity contribution in [3.63, 3.8) is 0 Å². The van der Waals surface area contributed by atoms with Crippen molar-refractivity contribution in [2.75, 3.05) is 6.54 Å². The monoisotopic (exact) mass is 289 g/mol. The van der Waals surface area contributed by atoms with Gasteiger partial charge >= 0.3 is 0 Å². The lowest BCUT2D eigenvalue weighted by atomic mass is 9.81. The third-order valence-electron chi connectivity index (χ3n) is 4.29. The largest absolute Gasteiger partial charge is 0.308 e. The van der Waals surface area contributed by atoms with Crippen LogP contribution in [0.1, 0.15) is 54.3 Å². The Bertz CT molecular complexity index is 558. The van der Waals surface area contributed by atoms with Gasteiger partial charge in [0.2, 0.25) is 0 Å². The maximum Gasteiger partial charge on any atom is 0.0561 e. The van der Waals surface area contributed by atoms with E-state index in [0.29, 0.717) is 12.0 Å². The molecule has 2 heterocycles. The highest BCUT2D eigenvalue weighted by Gasteiger charge is 2.30. The fraction of sp³-hybridized carbons (Fsp3) is 0.562. The van der Waals surface area contributed by atoms with E-state index < -0.39 is 0 Å². The van der Waals surface area contributed by atoms with Gasteiger partial charge in [0.1, 0.15) is 0 Å². The molecule has 0 aliphatic heterocycles. The molecule has 2 unspecified atom stereocenters. The number of hydrogen-bond acceptors (Lipinski definition) is 3. The van der Waals surface area contributed by atoms with Gasteiger partial charge in [-0.15, -0.1) is 11.3 Å². The van der Waals surface area contributed by atoms with Crippen LogP contribution in [0.3, 0.4) is 0 Å². The van der Waals surface area contributed by atoms with Gasteiger partial charge in [0.05, 0.1) is 11.7 Å². The molecule has 0 amide bonds. The molecule has 1 N–H and O–H groups in total. The van der Waals surface area contributed by atoms with Crippen molar-refractivity contribution in [3.8, 4) is 0 Å². The number of nitrogens with one attached hydrogen (secondary N) is 1. The smallest absolute Gasteiger partial charge is 0.0561 e. The van der Waals surface area contributed by atoms with Crippen LogP contribution in [-0.4, -0.2) is 16.3 Å². The average molecular weight is 289 g/mol. The minimum Gasteiger partial charge on any atom is -0.308 e. The summed E-state index contributed by atoms with van der Waals surface area (Å²) in [5.41, 5.74) is 2.87. The topological polar surface area (TPSA) is 29.9 Å². The summed E-state index contributed by atoms with van der Waals surface area (Å²) in [4.78, 5) is 1.59. The molecule has 4 heteroatoms. The van der Waals surface area contributed by atoms with Gasteiger partial charge < -0.3 is 5.32 Å². The number of aromatic nitrogens is 2. The molecule has 0 saturated heterocycles. The summed E-state index contributed by atoms with van der Waals surface area (Å²) in [6.07, 6.45) is 6.91. The predicted octanol–water partition coefficient (Wildman–Crippen LogP) is 3.64. The van der Waals surface area contributed by atoms with Crippen molar-refractivity contribution in [1.82, 2.24) is 15.1 Å². The Morgan fingerprint density at radius 3 is 3.15 bits per heavy atom. The molecule has 0 aromatic carbocycles. The van der Waals surface area contributed by atoms with Crippen LogP contribution in [0.15, 0.2) is 23.7 Å². The van der Waals surface area contributed by atoms with E-state index in [0.717, 1.165) is 13.0 Å². The van der Waals surface area contributed by atoms with Crippen LogP contribution in [-0.2, 0) is 13.5 Å². The maximum atomic E-state index is 4.36. The molecular formula is C16H23N3S. The molecule has 1 aliphatic carbocycles. The van der Waals surface area contributed by atoms with Crippen molar-refractivity contribution in [2.24, 2.45) is 7.05 Å². The molecule has 2 atom stereocenters. The predicted molar refractivity (Wildman–Crippen MR) is 84.2 cm³/mol. The third kappa shape index (κ3) is 2.54. The van der Waals surface area contributed by atoms with Crippen LogP contribution in [0, 0.1) is 0 Å². The highest BCUT2D eigenvalue weighted by Crippen LogP contribution is 2.42. The number of hydrogen-bond donors (Lipinski definition) is 1. The highest BCUT2D eigenvalue weighted by molar-refractivity contribution is 7.10.